The Balaban J connectivity index is 1.96. The second kappa shape index (κ2) is 11.2. The lowest BCUT2D eigenvalue weighted by Crippen LogP contribution is -2.08. The quantitative estimate of drug-likeness (QED) is 0.410. The van der Waals surface area contributed by atoms with Crippen LogP contribution in [-0.2, 0) is 4.79 Å². The summed E-state index contributed by atoms with van der Waals surface area (Å²) < 4.78 is 11.3. The number of methoxy groups -OCH3 is 1. The van der Waals surface area contributed by atoms with E-state index in [0.717, 1.165) is 29.0 Å². The highest BCUT2D eigenvalue weighted by molar-refractivity contribution is 6.02. The van der Waals surface area contributed by atoms with E-state index >= 15 is 0 Å². The fraction of sp³-hybridized carbons (Fsp3) is 0.375. The van der Waals surface area contributed by atoms with Crippen LogP contribution in [0.15, 0.2) is 42.5 Å². The van der Waals surface area contributed by atoms with Gasteiger partial charge in [-0.3, -0.25) is 4.79 Å². The lowest BCUT2D eigenvalue weighted by molar-refractivity contribution is -0.111. The minimum Gasteiger partial charge on any atom is -0.493 e. The topological polar surface area (TPSA) is 47.6 Å². The first-order valence-electron chi connectivity index (χ1n) is 9.90. The Bertz CT molecular complexity index is 811. The minimum absolute atomic E-state index is 0.165. The molecule has 0 aliphatic carbocycles. The number of carbonyl (C=O) groups is 1. The standard InChI is InChI=1S/C24H31NO3/c1-5-6-7-8-15-28-22-13-10-20(17-23(22)27-4)11-14-24(26)25-21-12-9-18(2)16-19(21)3/h9-14,16-17H,5-8,15H2,1-4H3,(H,25,26). The summed E-state index contributed by atoms with van der Waals surface area (Å²) in [6.45, 7) is 6.89. The molecule has 1 amide bonds. The van der Waals surface area contributed by atoms with Crippen molar-refractivity contribution < 1.29 is 14.3 Å². The van der Waals surface area contributed by atoms with Crippen LogP contribution in [0.3, 0.4) is 0 Å². The normalized spacial score (nSPS) is 10.9. The van der Waals surface area contributed by atoms with Crippen molar-refractivity contribution in [2.24, 2.45) is 0 Å². The van der Waals surface area contributed by atoms with E-state index in [9.17, 15) is 4.79 Å². The molecule has 0 saturated carbocycles. The van der Waals surface area contributed by atoms with Gasteiger partial charge < -0.3 is 14.8 Å². The van der Waals surface area contributed by atoms with Crippen molar-refractivity contribution in [3.63, 3.8) is 0 Å². The second-order valence-corrected chi connectivity index (χ2v) is 6.96. The van der Waals surface area contributed by atoms with Crippen molar-refractivity contribution in [1.29, 1.82) is 0 Å². The molecule has 0 aliphatic rings. The Morgan fingerprint density at radius 3 is 2.57 bits per heavy atom. The zero-order chi connectivity index (χ0) is 20.4. The molecule has 0 unspecified atom stereocenters. The number of hydrogen-bond acceptors (Lipinski definition) is 3. The molecule has 0 fully saturated rings. The van der Waals surface area contributed by atoms with Crippen molar-refractivity contribution in [2.45, 2.75) is 46.5 Å². The van der Waals surface area contributed by atoms with Crippen LogP contribution in [0.1, 0.15) is 49.3 Å². The molecule has 4 nitrogen and oxygen atoms in total. The van der Waals surface area contributed by atoms with Crippen LogP contribution < -0.4 is 14.8 Å². The van der Waals surface area contributed by atoms with Gasteiger partial charge in [-0.15, -0.1) is 0 Å². The van der Waals surface area contributed by atoms with Gasteiger partial charge in [0.1, 0.15) is 0 Å². The van der Waals surface area contributed by atoms with Crippen molar-refractivity contribution >= 4 is 17.7 Å². The number of carbonyl (C=O) groups excluding carboxylic acids is 1. The molecule has 0 heterocycles. The number of hydrogen-bond donors (Lipinski definition) is 1. The Kier molecular flexibility index (Phi) is 8.60. The molecule has 2 aromatic rings. The van der Waals surface area contributed by atoms with Gasteiger partial charge >= 0.3 is 0 Å². The number of rotatable bonds is 10. The van der Waals surface area contributed by atoms with Gasteiger partial charge in [-0.1, -0.05) is 49.9 Å². The highest BCUT2D eigenvalue weighted by Crippen LogP contribution is 2.29. The van der Waals surface area contributed by atoms with Crippen molar-refractivity contribution in [3.05, 3.63) is 59.2 Å². The molecule has 28 heavy (non-hydrogen) atoms. The fourth-order valence-electron chi connectivity index (χ4n) is 2.92. The van der Waals surface area contributed by atoms with E-state index in [1.807, 2.05) is 50.2 Å². The van der Waals surface area contributed by atoms with Crippen molar-refractivity contribution in [1.82, 2.24) is 0 Å². The summed E-state index contributed by atoms with van der Waals surface area (Å²) >= 11 is 0. The molecule has 0 atom stereocenters. The smallest absolute Gasteiger partial charge is 0.248 e. The lowest BCUT2D eigenvalue weighted by atomic mass is 10.1. The van der Waals surface area contributed by atoms with E-state index in [0.29, 0.717) is 12.4 Å². The van der Waals surface area contributed by atoms with Gasteiger partial charge in [0.05, 0.1) is 13.7 Å². The van der Waals surface area contributed by atoms with Crippen molar-refractivity contribution in [2.75, 3.05) is 19.0 Å². The Hall–Kier alpha value is -2.75. The van der Waals surface area contributed by atoms with Crippen LogP contribution in [-0.4, -0.2) is 19.6 Å². The second-order valence-electron chi connectivity index (χ2n) is 6.96. The van der Waals surface area contributed by atoms with Gasteiger partial charge in [0.25, 0.3) is 0 Å². The summed E-state index contributed by atoms with van der Waals surface area (Å²) in [5, 5.41) is 2.91. The maximum absolute atomic E-state index is 12.2. The molecule has 4 heteroatoms. The summed E-state index contributed by atoms with van der Waals surface area (Å²) in [6.07, 6.45) is 7.95. The van der Waals surface area contributed by atoms with Gasteiger partial charge in [-0.05, 0) is 55.7 Å². The van der Waals surface area contributed by atoms with Crippen molar-refractivity contribution in [3.8, 4) is 11.5 Å². The zero-order valence-electron chi connectivity index (χ0n) is 17.4. The van der Waals surface area contributed by atoms with Gasteiger partial charge in [0.15, 0.2) is 11.5 Å². The maximum atomic E-state index is 12.2. The molecule has 0 aromatic heterocycles. The van der Waals surface area contributed by atoms with E-state index in [1.165, 1.54) is 30.9 Å². The van der Waals surface area contributed by atoms with Gasteiger partial charge in [0, 0.05) is 11.8 Å². The lowest BCUT2D eigenvalue weighted by Gasteiger charge is -2.11. The van der Waals surface area contributed by atoms with Gasteiger partial charge in [-0.25, -0.2) is 0 Å². The molecule has 1 N–H and O–H groups in total. The predicted octanol–water partition coefficient (Wildman–Crippen LogP) is 5.92. The Morgan fingerprint density at radius 1 is 1.04 bits per heavy atom. The number of ether oxygens (including phenoxy) is 2. The van der Waals surface area contributed by atoms with E-state index < -0.39 is 0 Å². The number of nitrogens with one attached hydrogen (secondary N) is 1. The zero-order valence-corrected chi connectivity index (χ0v) is 17.4. The van der Waals surface area contributed by atoms with Crippen LogP contribution >= 0.6 is 0 Å². The number of anilines is 1. The molecule has 0 saturated heterocycles. The first kappa shape index (κ1) is 21.5. The maximum Gasteiger partial charge on any atom is 0.248 e. The molecule has 2 aromatic carbocycles. The van der Waals surface area contributed by atoms with Crippen LogP contribution in [0.5, 0.6) is 11.5 Å². The first-order valence-corrected chi connectivity index (χ1v) is 9.90. The van der Waals surface area contributed by atoms with E-state index in [-0.39, 0.29) is 5.91 Å². The Labute approximate surface area is 168 Å². The largest absolute Gasteiger partial charge is 0.493 e. The fourth-order valence-corrected chi connectivity index (χ4v) is 2.92. The van der Waals surface area contributed by atoms with E-state index in [1.54, 1.807) is 13.2 Å². The summed E-state index contributed by atoms with van der Waals surface area (Å²) in [5.41, 5.74) is 3.92. The molecular formula is C24H31NO3. The molecular weight excluding hydrogens is 350 g/mol. The molecule has 2 rings (SSSR count). The SMILES string of the molecule is CCCCCCOc1ccc(C=CC(=O)Nc2ccc(C)cc2C)cc1OC. The number of unbranched alkanes of at least 4 members (excludes halogenated alkanes) is 3. The molecule has 150 valence electrons. The third kappa shape index (κ3) is 6.76. The third-order valence-electron chi connectivity index (χ3n) is 4.51. The highest BCUT2D eigenvalue weighted by atomic mass is 16.5. The first-order chi connectivity index (χ1) is 13.5. The average molecular weight is 382 g/mol. The predicted molar refractivity (Wildman–Crippen MR) is 116 cm³/mol. The number of benzene rings is 2. The van der Waals surface area contributed by atoms with Crippen LogP contribution in [0.2, 0.25) is 0 Å². The van der Waals surface area contributed by atoms with E-state index in [4.69, 9.17) is 9.47 Å². The minimum atomic E-state index is -0.165. The summed E-state index contributed by atoms with van der Waals surface area (Å²) in [5.74, 6) is 1.24. The Morgan fingerprint density at radius 2 is 1.86 bits per heavy atom. The summed E-state index contributed by atoms with van der Waals surface area (Å²) in [6, 6.07) is 11.6. The summed E-state index contributed by atoms with van der Waals surface area (Å²) in [4.78, 5) is 12.2. The average Bonchev–Trinajstić information content (AvgIpc) is 2.69. The van der Waals surface area contributed by atoms with Gasteiger partial charge in [-0.2, -0.15) is 0 Å². The van der Waals surface area contributed by atoms with Crippen LogP contribution in [0.25, 0.3) is 6.08 Å². The summed E-state index contributed by atoms with van der Waals surface area (Å²) in [7, 11) is 1.62. The highest BCUT2D eigenvalue weighted by Gasteiger charge is 2.06. The number of aryl methyl sites for hydroxylation is 2. The third-order valence-corrected chi connectivity index (χ3v) is 4.51. The molecule has 0 spiro atoms. The monoisotopic (exact) mass is 381 g/mol. The molecule has 0 aliphatic heterocycles. The molecule has 0 radical (unpaired) electrons. The van der Waals surface area contributed by atoms with E-state index in [2.05, 4.69) is 12.2 Å². The van der Waals surface area contributed by atoms with Gasteiger partial charge in [0.2, 0.25) is 5.91 Å². The molecule has 0 bridgehead atoms. The van der Waals surface area contributed by atoms with Crippen LogP contribution in [0, 0.1) is 13.8 Å². The van der Waals surface area contributed by atoms with Crippen LogP contribution in [0.4, 0.5) is 5.69 Å². The number of amides is 1.